The number of amides is 1. The second kappa shape index (κ2) is 8.25. The summed E-state index contributed by atoms with van der Waals surface area (Å²) in [6, 6.07) is 14.5. The van der Waals surface area contributed by atoms with E-state index in [4.69, 9.17) is 4.42 Å². The Labute approximate surface area is 170 Å². The highest BCUT2D eigenvalue weighted by atomic mass is 19.4. The Bertz CT molecular complexity index is 1080. The summed E-state index contributed by atoms with van der Waals surface area (Å²) >= 11 is 0. The molecule has 5 nitrogen and oxygen atoms in total. The number of oxazole rings is 1. The second-order valence-corrected chi connectivity index (χ2v) is 6.24. The van der Waals surface area contributed by atoms with Gasteiger partial charge in [-0.1, -0.05) is 48.5 Å². The normalized spacial score (nSPS) is 11.9. The Balaban J connectivity index is 2.19. The van der Waals surface area contributed by atoms with Gasteiger partial charge in [0, 0.05) is 5.56 Å². The van der Waals surface area contributed by atoms with E-state index in [0.29, 0.717) is 0 Å². The number of alkyl halides is 6. The number of hydrogen-bond donors (Lipinski definition) is 0. The SMILES string of the molecule is O=C(c1nc(-c2ccccc2)oc1N(Cc1ccccc1)C(=O)C(F)(F)F)C(F)(F)F. The van der Waals surface area contributed by atoms with Crippen molar-refractivity contribution < 1.29 is 40.3 Å². The highest BCUT2D eigenvalue weighted by molar-refractivity contribution is 6.06. The molecule has 0 aliphatic carbocycles. The average Bonchev–Trinajstić information content (AvgIpc) is 3.16. The van der Waals surface area contributed by atoms with Crippen molar-refractivity contribution >= 4 is 17.6 Å². The van der Waals surface area contributed by atoms with Crippen molar-refractivity contribution in [2.75, 3.05) is 4.90 Å². The molecular formula is C20H12F6N2O3. The zero-order chi connectivity index (χ0) is 22.8. The molecule has 1 heterocycles. The Hall–Kier alpha value is -3.63. The van der Waals surface area contributed by atoms with E-state index in [1.54, 1.807) is 12.1 Å². The van der Waals surface area contributed by atoms with Gasteiger partial charge in [0.05, 0.1) is 6.54 Å². The minimum atomic E-state index is -5.46. The third-order valence-corrected chi connectivity index (χ3v) is 4.02. The largest absolute Gasteiger partial charge is 0.471 e. The van der Waals surface area contributed by atoms with E-state index in [1.165, 1.54) is 48.5 Å². The van der Waals surface area contributed by atoms with Crippen LogP contribution in [-0.4, -0.2) is 29.0 Å². The molecule has 0 N–H and O–H groups in total. The third kappa shape index (κ3) is 4.93. The van der Waals surface area contributed by atoms with Gasteiger partial charge in [-0.2, -0.15) is 26.3 Å². The number of aromatic nitrogens is 1. The molecule has 11 heteroatoms. The van der Waals surface area contributed by atoms with Crippen molar-refractivity contribution in [1.29, 1.82) is 0 Å². The molecule has 2 aromatic carbocycles. The van der Waals surface area contributed by atoms with Crippen molar-refractivity contribution in [1.82, 2.24) is 4.98 Å². The van der Waals surface area contributed by atoms with Crippen LogP contribution in [0.15, 0.2) is 65.1 Å². The summed E-state index contributed by atoms with van der Waals surface area (Å²) in [4.78, 5) is 27.4. The van der Waals surface area contributed by atoms with Crippen LogP contribution in [-0.2, 0) is 11.3 Å². The van der Waals surface area contributed by atoms with Gasteiger partial charge >= 0.3 is 18.3 Å². The molecule has 1 aromatic heterocycles. The summed E-state index contributed by atoms with van der Waals surface area (Å²) in [5.41, 5.74) is -1.19. The number of rotatable bonds is 5. The first-order valence-electron chi connectivity index (χ1n) is 8.59. The summed E-state index contributed by atoms with van der Waals surface area (Å²) in [5.74, 6) is -6.84. The molecule has 0 unspecified atom stereocenters. The second-order valence-electron chi connectivity index (χ2n) is 6.24. The Morgan fingerprint density at radius 1 is 0.839 bits per heavy atom. The third-order valence-electron chi connectivity index (χ3n) is 4.02. The van der Waals surface area contributed by atoms with Gasteiger partial charge in [-0.15, -0.1) is 0 Å². The van der Waals surface area contributed by atoms with Gasteiger partial charge in [-0.05, 0) is 17.7 Å². The van der Waals surface area contributed by atoms with Crippen molar-refractivity contribution in [3.63, 3.8) is 0 Å². The fourth-order valence-corrected chi connectivity index (χ4v) is 2.64. The van der Waals surface area contributed by atoms with Crippen molar-refractivity contribution in [2.24, 2.45) is 0 Å². The molecule has 0 aliphatic heterocycles. The molecular weight excluding hydrogens is 430 g/mol. The van der Waals surface area contributed by atoms with Crippen LogP contribution < -0.4 is 4.90 Å². The number of benzene rings is 2. The first-order valence-corrected chi connectivity index (χ1v) is 8.59. The molecule has 3 aromatic rings. The van der Waals surface area contributed by atoms with Crippen molar-refractivity contribution in [3.8, 4) is 11.5 Å². The van der Waals surface area contributed by atoms with Crippen molar-refractivity contribution in [3.05, 3.63) is 71.9 Å². The summed E-state index contributed by atoms with van der Waals surface area (Å²) < 4.78 is 84.1. The van der Waals surface area contributed by atoms with Gasteiger partial charge in [0.2, 0.25) is 11.8 Å². The summed E-state index contributed by atoms with van der Waals surface area (Å²) in [5, 5.41) is 0. The van der Waals surface area contributed by atoms with Gasteiger partial charge in [0.1, 0.15) is 0 Å². The number of carbonyl (C=O) groups excluding carboxylic acids is 2. The zero-order valence-corrected chi connectivity index (χ0v) is 15.4. The molecule has 0 saturated carbocycles. The van der Waals surface area contributed by atoms with E-state index >= 15 is 0 Å². The van der Waals surface area contributed by atoms with E-state index in [0.717, 1.165) is 0 Å². The maximum atomic E-state index is 13.2. The van der Waals surface area contributed by atoms with Crippen LogP contribution in [0.3, 0.4) is 0 Å². The van der Waals surface area contributed by atoms with Crippen molar-refractivity contribution in [2.45, 2.75) is 18.9 Å². The fourth-order valence-electron chi connectivity index (χ4n) is 2.64. The molecule has 31 heavy (non-hydrogen) atoms. The predicted molar refractivity (Wildman–Crippen MR) is 96.0 cm³/mol. The molecule has 0 spiro atoms. The lowest BCUT2D eigenvalue weighted by molar-refractivity contribution is -0.170. The molecule has 0 fully saturated rings. The molecule has 0 saturated heterocycles. The number of hydrogen-bond acceptors (Lipinski definition) is 4. The molecule has 0 bridgehead atoms. The molecule has 0 radical (unpaired) electrons. The Morgan fingerprint density at radius 2 is 1.39 bits per heavy atom. The number of Topliss-reactive ketones (excluding diaryl/α,β-unsaturated/α-hetero) is 1. The van der Waals surface area contributed by atoms with Crippen LogP contribution in [0.2, 0.25) is 0 Å². The molecule has 1 amide bonds. The number of ketones is 1. The highest BCUT2D eigenvalue weighted by Crippen LogP contribution is 2.35. The lowest BCUT2D eigenvalue weighted by Gasteiger charge is -2.22. The summed E-state index contributed by atoms with van der Waals surface area (Å²) in [6.45, 7) is -0.805. The van der Waals surface area contributed by atoms with E-state index in [-0.39, 0.29) is 16.0 Å². The monoisotopic (exact) mass is 442 g/mol. The van der Waals surface area contributed by atoms with Crippen LogP contribution in [0.4, 0.5) is 32.2 Å². The predicted octanol–water partition coefficient (Wildman–Crippen LogP) is 5.18. The van der Waals surface area contributed by atoms with Crippen LogP contribution in [0.25, 0.3) is 11.5 Å². The molecule has 162 valence electrons. The van der Waals surface area contributed by atoms with Gasteiger partial charge in [-0.25, -0.2) is 4.98 Å². The number of nitrogens with zero attached hydrogens (tertiary/aromatic N) is 2. The molecule has 3 rings (SSSR count). The number of halogens is 6. The van der Waals surface area contributed by atoms with Crippen LogP contribution in [0.1, 0.15) is 16.1 Å². The van der Waals surface area contributed by atoms with Crippen LogP contribution in [0.5, 0.6) is 0 Å². The van der Waals surface area contributed by atoms with Gasteiger partial charge in [-0.3, -0.25) is 14.5 Å². The maximum absolute atomic E-state index is 13.2. The smallest absolute Gasteiger partial charge is 0.419 e. The quantitative estimate of drug-likeness (QED) is 0.404. The maximum Gasteiger partial charge on any atom is 0.471 e. The minimum absolute atomic E-state index is 0.0756. The lowest BCUT2D eigenvalue weighted by Crippen LogP contribution is -2.41. The standard InChI is InChI=1S/C20H12F6N2O3/c21-19(22,23)15(29)14-17(31-16(27-14)13-9-5-2-6-10-13)28(18(30)20(24,25)26)11-12-7-3-1-4-8-12/h1-10H,11H2. The fraction of sp³-hybridized carbons (Fsp3) is 0.150. The van der Waals surface area contributed by atoms with Gasteiger partial charge in [0.25, 0.3) is 5.78 Å². The van der Waals surface area contributed by atoms with E-state index in [2.05, 4.69) is 4.98 Å². The Morgan fingerprint density at radius 3 is 1.90 bits per heavy atom. The Kier molecular flexibility index (Phi) is 5.87. The van der Waals surface area contributed by atoms with Gasteiger partial charge in [0.15, 0.2) is 5.69 Å². The first-order chi connectivity index (χ1) is 14.5. The van der Waals surface area contributed by atoms with Gasteiger partial charge < -0.3 is 4.42 Å². The summed E-state index contributed by atoms with van der Waals surface area (Å²) in [7, 11) is 0. The minimum Gasteiger partial charge on any atom is -0.419 e. The van der Waals surface area contributed by atoms with Crippen LogP contribution in [0, 0.1) is 0 Å². The van der Waals surface area contributed by atoms with E-state index < -0.39 is 48.1 Å². The van der Waals surface area contributed by atoms with Crippen LogP contribution >= 0.6 is 0 Å². The highest BCUT2D eigenvalue weighted by Gasteiger charge is 2.49. The topological polar surface area (TPSA) is 63.4 Å². The molecule has 0 atom stereocenters. The molecule has 0 aliphatic rings. The first kappa shape index (κ1) is 22.1. The lowest BCUT2D eigenvalue weighted by atomic mass is 10.2. The number of anilines is 1. The number of carbonyl (C=O) groups is 2. The summed E-state index contributed by atoms with van der Waals surface area (Å²) in [6.07, 6.45) is -10.9. The zero-order valence-electron chi connectivity index (χ0n) is 15.4. The van der Waals surface area contributed by atoms with E-state index in [1.807, 2.05) is 0 Å². The average molecular weight is 442 g/mol. The van der Waals surface area contributed by atoms with E-state index in [9.17, 15) is 35.9 Å².